The van der Waals surface area contributed by atoms with E-state index in [0.717, 1.165) is 30.3 Å². The fourth-order valence-corrected chi connectivity index (χ4v) is 3.27. The molecule has 2 aromatic heterocycles. The maximum atomic E-state index is 12.8. The Morgan fingerprint density at radius 2 is 2.29 bits per heavy atom. The molecule has 1 aliphatic carbocycles. The molecule has 8 heteroatoms. The molecule has 0 aromatic carbocycles. The van der Waals surface area contributed by atoms with Crippen LogP contribution in [0.25, 0.3) is 0 Å². The smallest absolute Gasteiger partial charge is 0.276 e. The van der Waals surface area contributed by atoms with Gasteiger partial charge in [-0.1, -0.05) is 10.4 Å². The van der Waals surface area contributed by atoms with Crippen LogP contribution in [0.3, 0.4) is 0 Å². The maximum Gasteiger partial charge on any atom is 0.276 e. The minimum atomic E-state index is -0.240. The Hall–Kier alpha value is -2.22. The topological polar surface area (TPSA) is 86.3 Å². The zero-order valence-electron chi connectivity index (χ0n) is 13.9. The Balaban J connectivity index is 1.62. The summed E-state index contributed by atoms with van der Waals surface area (Å²) in [5.41, 5.74) is 2.30. The van der Waals surface area contributed by atoms with E-state index in [-0.39, 0.29) is 11.9 Å². The third-order valence-electron chi connectivity index (χ3n) is 4.71. The summed E-state index contributed by atoms with van der Waals surface area (Å²) in [7, 11) is 1.63. The van der Waals surface area contributed by atoms with Crippen molar-refractivity contribution in [1.82, 2.24) is 25.1 Å². The molecule has 1 saturated carbocycles. The summed E-state index contributed by atoms with van der Waals surface area (Å²) in [6, 6.07) is 1.42. The van der Waals surface area contributed by atoms with Crippen molar-refractivity contribution in [3.8, 4) is 0 Å². The zero-order chi connectivity index (χ0) is 16.7. The number of amides is 1. The maximum absolute atomic E-state index is 12.8. The third-order valence-corrected chi connectivity index (χ3v) is 4.71. The number of hydrogen-bond donors (Lipinski definition) is 0. The first kappa shape index (κ1) is 15.3. The molecule has 0 saturated heterocycles. The standard InChI is InChI=1S/C16H21N5O3/c1-10-7-12(18-24-10)16(22)20-6-5-13-15(14(20)9-23-2)17-19-21(13)8-11-3-4-11/h7,11,14H,3-6,8-9H2,1-2H3/t14-/m1/s1. The van der Waals surface area contributed by atoms with Crippen LogP contribution in [0, 0.1) is 12.8 Å². The van der Waals surface area contributed by atoms with Crippen molar-refractivity contribution in [2.24, 2.45) is 5.92 Å². The lowest BCUT2D eigenvalue weighted by Gasteiger charge is -2.33. The summed E-state index contributed by atoms with van der Waals surface area (Å²) in [6.45, 7) is 3.69. The first-order valence-corrected chi connectivity index (χ1v) is 8.33. The van der Waals surface area contributed by atoms with Crippen LogP contribution in [0.2, 0.25) is 0 Å². The van der Waals surface area contributed by atoms with Gasteiger partial charge in [-0.25, -0.2) is 4.68 Å². The molecule has 2 aromatic rings. The molecule has 24 heavy (non-hydrogen) atoms. The normalized spacial score (nSPS) is 20.2. The number of carbonyl (C=O) groups excluding carboxylic acids is 1. The zero-order valence-corrected chi connectivity index (χ0v) is 13.9. The molecular formula is C16H21N5O3. The lowest BCUT2D eigenvalue weighted by Crippen LogP contribution is -2.42. The van der Waals surface area contributed by atoms with E-state index < -0.39 is 0 Å². The van der Waals surface area contributed by atoms with E-state index in [1.807, 2.05) is 4.68 Å². The van der Waals surface area contributed by atoms with Crippen LogP contribution in [-0.4, -0.2) is 51.2 Å². The van der Waals surface area contributed by atoms with E-state index in [2.05, 4.69) is 15.5 Å². The Bertz CT molecular complexity index is 749. The van der Waals surface area contributed by atoms with Crippen LogP contribution in [0.15, 0.2) is 10.6 Å². The Morgan fingerprint density at radius 1 is 1.46 bits per heavy atom. The van der Waals surface area contributed by atoms with Gasteiger partial charge in [-0.3, -0.25) is 4.79 Å². The second kappa shape index (κ2) is 6.01. The molecule has 0 radical (unpaired) electrons. The average molecular weight is 331 g/mol. The van der Waals surface area contributed by atoms with E-state index in [1.165, 1.54) is 12.8 Å². The number of rotatable bonds is 5. The van der Waals surface area contributed by atoms with Gasteiger partial charge in [0, 0.05) is 32.7 Å². The van der Waals surface area contributed by atoms with Crippen LogP contribution in [-0.2, 0) is 17.7 Å². The number of aryl methyl sites for hydroxylation is 1. The highest BCUT2D eigenvalue weighted by Gasteiger charge is 2.37. The van der Waals surface area contributed by atoms with E-state index in [4.69, 9.17) is 9.26 Å². The van der Waals surface area contributed by atoms with Crippen LogP contribution in [0.4, 0.5) is 0 Å². The van der Waals surface area contributed by atoms with Gasteiger partial charge in [0.1, 0.15) is 17.5 Å². The molecule has 8 nitrogen and oxygen atoms in total. The fraction of sp³-hybridized carbons (Fsp3) is 0.625. The Kier molecular flexibility index (Phi) is 3.84. The molecular weight excluding hydrogens is 310 g/mol. The lowest BCUT2D eigenvalue weighted by atomic mass is 10.0. The summed E-state index contributed by atoms with van der Waals surface area (Å²) < 4.78 is 12.4. The fourth-order valence-electron chi connectivity index (χ4n) is 3.27. The molecule has 2 aliphatic rings. The van der Waals surface area contributed by atoms with E-state index in [9.17, 15) is 4.79 Å². The van der Waals surface area contributed by atoms with Crippen LogP contribution in [0.1, 0.15) is 46.5 Å². The highest BCUT2D eigenvalue weighted by molar-refractivity contribution is 5.92. The summed E-state index contributed by atoms with van der Waals surface area (Å²) in [6.07, 6.45) is 3.29. The van der Waals surface area contributed by atoms with Crippen LogP contribution in [0.5, 0.6) is 0 Å². The molecule has 0 unspecified atom stereocenters. The van der Waals surface area contributed by atoms with Gasteiger partial charge in [0.15, 0.2) is 5.69 Å². The molecule has 3 heterocycles. The SMILES string of the molecule is COC[C@@H]1c2nnn(CC3CC3)c2CCN1C(=O)c1cc(C)on1. The van der Waals surface area contributed by atoms with Crippen molar-refractivity contribution >= 4 is 5.91 Å². The van der Waals surface area contributed by atoms with Gasteiger partial charge in [0.25, 0.3) is 5.91 Å². The molecule has 4 rings (SSSR count). The predicted molar refractivity (Wildman–Crippen MR) is 83.3 cm³/mol. The highest BCUT2D eigenvalue weighted by Crippen LogP contribution is 2.34. The van der Waals surface area contributed by atoms with Gasteiger partial charge in [-0.15, -0.1) is 5.10 Å². The number of carbonyl (C=O) groups is 1. The van der Waals surface area contributed by atoms with E-state index >= 15 is 0 Å². The molecule has 1 fully saturated rings. The molecule has 1 amide bonds. The van der Waals surface area contributed by atoms with E-state index in [1.54, 1.807) is 25.0 Å². The van der Waals surface area contributed by atoms with Crippen LogP contribution < -0.4 is 0 Å². The van der Waals surface area contributed by atoms with Crippen molar-refractivity contribution in [2.45, 2.75) is 38.8 Å². The lowest BCUT2D eigenvalue weighted by molar-refractivity contribution is 0.0481. The van der Waals surface area contributed by atoms with Crippen molar-refractivity contribution in [3.05, 3.63) is 28.9 Å². The molecule has 0 spiro atoms. The van der Waals surface area contributed by atoms with Gasteiger partial charge in [-0.2, -0.15) is 0 Å². The number of nitrogens with zero attached hydrogens (tertiary/aromatic N) is 5. The summed E-state index contributed by atoms with van der Waals surface area (Å²) in [5, 5.41) is 12.5. The highest BCUT2D eigenvalue weighted by atomic mass is 16.5. The number of ether oxygens (including phenoxy) is 1. The number of aromatic nitrogens is 4. The van der Waals surface area contributed by atoms with Gasteiger partial charge >= 0.3 is 0 Å². The van der Waals surface area contributed by atoms with Gasteiger partial charge in [0.2, 0.25) is 0 Å². The first-order chi connectivity index (χ1) is 11.7. The largest absolute Gasteiger partial charge is 0.382 e. The van der Waals surface area contributed by atoms with Crippen LogP contribution >= 0.6 is 0 Å². The molecule has 128 valence electrons. The first-order valence-electron chi connectivity index (χ1n) is 8.33. The Labute approximate surface area is 139 Å². The van der Waals surface area contributed by atoms with Gasteiger partial charge in [0.05, 0.1) is 12.3 Å². The molecule has 1 aliphatic heterocycles. The van der Waals surface area contributed by atoms with Gasteiger partial charge in [-0.05, 0) is 25.7 Å². The van der Waals surface area contributed by atoms with Crippen molar-refractivity contribution in [3.63, 3.8) is 0 Å². The predicted octanol–water partition coefficient (Wildman–Crippen LogP) is 1.37. The van der Waals surface area contributed by atoms with Gasteiger partial charge < -0.3 is 14.2 Å². The minimum Gasteiger partial charge on any atom is -0.382 e. The molecule has 1 atom stereocenters. The van der Waals surface area contributed by atoms with E-state index in [0.29, 0.717) is 24.6 Å². The third kappa shape index (κ3) is 2.71. The van der Waals surface area contributed by atoms with Crippen molar-refractivity contribution in [1.29, 1.82) is 0 Å². The number of fused-ring (bicyclic) bond motifs is 1. The summed E-state index contributed by atoms with van der Waals surface area (Å²) in [5.74, 6) is 1.19. The molecule has 0 N–H and O–H groups in total. The monoisotopic (exact) mass is 331 g/mol. The quantitative estimate of drug-likeness (QED) is 0.822. The number of hydrogen-bond acceptors (Lipinski definition) is 6. The number of methoxy groups -OCH3 is 1. The Morgan fingerprint density at radius 3 is 2.96 bits per heavy atom. The van der Waals surface area contributed by atoms with Crippen molar-refractivity contribution < 1.29 is 14.1 Å². The minimum absolute atomic E-state index is 0.156. The molecule has 0 bridgehead atoms. The average Bonchev–Trinajstić information content (AvgIpc) is 3.13. The summed E-state index contributed by atoms with van der Waals surface area (Å²) in [4.78, 5) is 14.6. The van der Waals surface area contributed by atoms with Crippen molar-refractivity contribution in [2.75, 3.05) is 20.3 Å². The second-order valence-electron chi connectivity index (χ2n) is 6.59. The summed E-state index contributed by atoms with van der Waals surface area (Å²) >= 11 is 0. The second-order valence-corrected chi connectivity index (χ2v) is 6.59.